The topological polar surface area (TPSA) is 35.0 Å². The van der Waals surface area contributed by atoms with Gasteiger partial charge in [-0.2, -0.15) is 0 Å². The Labute approximate surface area is 108 Å². The predicted octanol–water partition coefficient (Wildman–Crippen LogP) is 3.63. The second-order valence-corrected chi connectivity index (χ2v) is 5.16. The van der Waals surface area contributed by atoms with Crippen molar-refractivity contribution >= 4 is 11.6 Å². The monoisotopic (exact) mass is 254 g/mol. The molecule has 1 fully saturated rings. The van der Waals surface area contributed by atoms with Gasteiger partial charge < -0.3 is 4.74 Å². The van der Waals surface area contributed by atoms with Gasteiger partial charge in [0, 0.05) is 12.8 Å². The third-order valence-electron chi connectivity index (χ3n) is 3.53. The third kappa shape index (κ3) is 2.78. The molecule has 0 radical (unpaired) electrons. The van der Waals surface area contributed by atoms with Crippen LogP contribution < -0.4 is 0 Å². The summed E-state index contributed by atoms with van der Waals surface area (Å²) in [4.78, 5) is 8.89. The molecule has 0 N–H and O–H groups in total. The fraction of sp³-hybridized carbons (Fsp3) is 0.692. The summed E-state index contributed by atoms with van der Waals surface area (Å²) >= 11 is 6.02. The highest BCUT2D eigenvalue weighted by atomic mass is 35.5. The molecule has 0 spiro atoms. The van der Waals surface area contributed by atoms with Gasteiger partial charge in [-0.3, -0.25) is 0 Å². The highest BCUT2D eigenvalue weighted by Crippen LogP contribution is 2.37. The van der Waals surface area contributed by atoms with Crippen LogP contribution >= 0.6 is 11.6 Å². The van der Waals surface area contributed by atoms with E-state index in [0.717, 1.165) is 24.4 Å². The highest BCUT2D eigenvalue weighted by molar-refractivity contribution is 6.29. The van der Waals surface area contributed by atoms with Gasteiger partial charge in [-0.25, -0.2) is 9.97 Å². The number of hydrogen-bond donors (Lipinski definition) is 0. The summed E-state index contributed by atoms with van der Waals surface area (Å²) < 4.78 is 5.77. The van der Waals surface area contributed by atoms with Crippen LogP contribution in [-0.2, 0) is 10.3 Å². The minimum absolute atomic E-state index is 0.327. The van der Waals surface area contributed by atoms with E-state index in [9.17, 15) is 0 Å². The molecular weight excluding hydrogens is 236 g/mol. The Balaban J connectivity index is 2.38. The molecule has 94 valence electrons. The lowest BCUT2D eigenvalue weighted by Crippen LogP contribution is -2.30. The Bertz CT molecular complexity index is 367. The minimum Gasteiger partial charge on any atom is -0.370 e. The van der Waals surface area contributed by atoms with Gasteiger partial charge in [-0.15, -0.1) is 0 Å². The minimum atomic E-state index is -0.327. The first-order chi connectivity index (χ1) is 8.16. The Kier molecular flexibility index (Phi) is 4.00. The molecular formula is C13H19ClN2O. The Hall–Kier alpha value is -0.670. The fourth-order valence-corrected chi connectivity index (χ4v) is 2.79. The summed E-state index contributed by atoms with van der Waals surface area (Å²) in [5.41, 5.74) is 0.576. The second-order valence-electron chi connectivity index (χ2n) is 4.77. The van der Waals surface area contributed by atoms with Crippen LogP contribution in [0.25, 0.3) is 0 Å². The molecule has 0 saturated heterocycles. The lowest BCUT2D eigenvalue weighted by Gasteiger charge is -2.29. The first kappa shape index (κ1) is 12.8. The quantitative estimate of drug-likeness (QED) is 0.597. The molecule has 0 bridgehead atoms. The van der Waals surface area contributed by atoms with Crippen LogP contribution in [-0.4, -0.2) is 17.1 Å². The van der Waals surface area contributed by atoms with E-state index in [1.165, 1.54) is 25.7 Å². The van der Waals surface area contributed by atoms with Crippen LogP contribution in [0.3, 0.4) is 0 Å². The Morgan fingerprint density at radius 3 is 2.35 bits per heavy atom. The molecule has 0 amide bonds. The van der Waals surface area contributed by atoms with Crippen molar-refractivity contribution in [3.63, 3.8) is 0 Å². The molecule has 0 aliphatic heterocycles. The van der Waals surface area contributed by atoms with Crippen molar-refractivity contribution < 1.29 is 4.74 Å². The molecule has 1 heterocycles. The third-order valence-corrected chi connectivity index (χ3v) is 3.73. The molecule has 4 heteroatoms. The molecule has 1 aliphatic rings. The normalized spacial score (nSPS) is 19.9. The van der Waals surface area contributed by atoms with E-state index in [1.54, 1.807) is 13.2 Å². The zero-order valence-corrected chi connectivity index (χ0v) is 11.3. The molecule has 1 aromatic rings. The number of hydrogen-bond acceptors (Lipinski definition) is 3. The molecule has 1 aromatic heterocycles. The van der Waals surface area contributed by atoms with E-state index in [1.807, 2.05) is 6.92 Å². The average Bonchev–Trinajstić information content (AvgIpc) is 2.53. The lowest BCUT2D eigenvalue weighted by molar-refractivity contribution is -0.0352. The zero-order valence-electron chi connectivity index (χ0n) is 10.5. The van der Waals surface area contributed by atoms with Crippen LogP contribution in [0.4, 0.5) is 0 Å². The van der Waals surface area contributed by atoms with Gasteiger partial charge >= 0.3 is 0 Å². The number of ether oxygens (including phenoxy) is 1. The van der Waals surface area contributed by atoms with Gasteiger partial charge in [0.05, 0.1) is 0 Å². The number of halogens is 1. The van der Waals surface area contributed by atoms with Gasteiger partial charge in [0.25, 0.3) is 0 Å². The maximum Gasteiger partial charge on any atom is 0.162 e. The number of aryl methyl sites for hydroxylation is 1. The first-order valence-electron chi connectivity index (χ1n) is 6.23. The summed E-state index contributed by atoms with van der Waals surface area (Å²) in [5, 5.41) is 0.508. The Morgan fingerprint density at radius 1 is 1.18 bits per heavy atom. The van der Waals surface area contributed by atoms with Crippen molar-refractivity contribution in [2.45, 2.75) is 51.0 Å². The molecule has 0 aromatic carbocycles. The van der Waals surface area contributed by atoms with Gasteiger partial charge in [0.15, 0.2) is 5.82 Å². The van der Waals surface area contributed by atoms with Crippen molar-refractivity contribution in [3.05, 3.63) is 22.7 Å². The van der Waals surface area contributed by atoms with E-state index in [2.05, 4.69) is 9.97 Å². The SMILES string of the molecule is COC1(c2nc(C)cc(Cl)n2)CCCCCC1. The number of aromatic nitrogens is 2. The summed E-state index contributed by atoms with van der Waals surface area (Å²) in [6.45, 7) is 1.94. The van der Waals surface area contributed by atoms with Gasteiger partial charge in [0.1, 0.15) is 10.8 Å². The average molecular weight is 255 g/mol. The second kappa shape index (κ2) is 5.32. The molecule has 17 heavy (non-hydrogen) atoms. The standard InChI is InChI=1S/C13H19ClN2O/c1-10-9-11(14)16-12(15-10)13(17-2)7-5-3-4-6-8-13/h9H,3-8H2,1-2H3. The molecule has 1 saturated carbocycles. The van der Waals surface area contributed by atoms with Crippen LogP contribution in [0.15, 0.2) is 6.07 Å². The molecule has 2 rings (SSSR count). The predicted molar refractivity (Wildman–Crippen MR) is 68.2 cm³/mol. The van der Waals surface area contributed by atoms with Gasteiger partial charge in [-0.1, -0.05) is 37.3 Å². The summed E-state index contributed by atoms with van der Waals surface area (Å²) in [7, 11) is 1.75. The van der Waals surface area contributed by atoms with Crippen LogP contribution in [0.1, 0.15) is 50.0 Å². The summed E-state index contributed by atoms with van der Waals surface area (Å²) in [5.74, 6) is 0.756. The lowest BCUT2D eigenvalue weighted by atomic mass is 9.93. The smallest absolute Gasteiger partial charge is 0.162 e. The van der Waals surface area contributed by atoms with Crippen molar-refractivity contribution in [3.8, 4) is 0 Å². The van der Waals surface area contributed by atoms with Crippen LogP contribution in [0.2, 0.25) is 5.15 Å². The fourth-order valence-electron chi connectivity index (χ4n) is 2.55. The number of nitrogens with zero attached hydrogens (tertiary/aromatic N) is 2. The summed E-state index contributed by atoms with van der Waals surface area (Å²) in [6, 6.07) is 1.78. The van der Waals surface area contributed by atoms with Crippen molar-refractivity contribution in [2.75, 3.05) is 7.11 Å². The molecule has 3 nitrogen and oxygen atoms in total. The highest BCUT2D eigenvalue weighted by Gasteiger charge is 2.35. The maximum atomic E-state index is 6.02. The van der Waals surface area contributed by atoms with Gasteiger partial charge in [0.2, 0.25) is 0 Å². The molecule has 1 aliphatic carbocycles. The molecule has 0 atom stereocenters. The van der Waals surface area contributed by atoms with E-state index in [4.69, 9.17) is 16.3 Å². The Morgan fingerprint density at radius 2 is 1.82 bits per heavy atom. The van der Waals surface area contributed by atoms with Crippen LogP contribution in [0, 0.1) is 6.92 Å². The molecule has 0 unspecified atom stereocenters. The van der Waals surface area contributed by atoms with Crippen LogP contribution in [0.5, 0.6) is 0 Å². The van der Waals surface area contributed by atoms with Crippen molar-refractivity contribution in [1.82, 2.24) is 9.97 Å². The zero-order chi connectivity index (χ0) is 12.3. The van der Waals surface area contributed by atoms with Gasteiger partial charge in [-0.05, 0) is 25.8 Å². The van der Waals surface area contributed by atoms with E-state index >= 15 is 0 Å². The van der Waals surface area contributed by atoms with E-state index < -0.39 is 0 Å². The number of methoxy groups -OCH3 is 1. The van der Waals surface area contributed by atoms with Crippen molar-refractivity contribution in [1.29, 1.82) is 0 Å². The maximum absolute atomic E-state index is 6.02. The van der Waals surface area contributed by atoms with Crippen molar-refractivity contribution in [2.24, 2.45) is 0 Å². The number of rotatable bonds is 2. The summed E-state index contributed by atoms with van der Waals surface area (Å²) in [6.07, 6.45) is 6.85. The first-order valence-corrected chi connectivity index (χ1v) is 6.61. The van der Waals surface area contributed by atoms with E-state index in [0.29, 0.717) is 5.15 Å². The largest absolute Gasteiger partial charge is 0.370 e. The van der Waals surface area contributed by atoms with E-state index in [-0.39, 0.29) is 5.60 Å².